The van der Waals surface area contributed by atoms with E-state index in [2.05, 4.69) is 10.6 Å². The monoisotopic (exact) mass is 318 g/mol. The Morgan fingerprint density at radius 2 is 2.09 bits per heavy atom. The highest BCUT2D eigenvalue weighted by Crippen LogP contribution is 2.43. The van der Waals surface area contributed by atoms with Crippen LogP contribution in [-0.4, -0.2) is 43.9 Å². The molecule has 1 amide bonds. The van der Waals surface area contributed by atoms with Gasteiger partial charge in [0.05, 0.1) is 23.7 Å². The number of methoxy groups -OCH3 is 1. The first-order valence-corrected chi connectivity index (χ1v) is 8.39. The van der Waals surface area contributed by atoms with E-state index in [4.69, 9.17) is 4.74 Å². The fourth-order valence-electron chi connectivity index (χ4n) is 3.81. The van der Waals surface area contributed by atoms with Gasteiger partial charge in [-0.05, 0) is 31.4 Å². The van der Waals surface area contributed by atoms with Crippen LogP contribution in [0.15, 0.2) is 30.3 Å². The Balaban J connectivity index is 1.89. The van der Waals surface area contributed by atoms with Crippen molar-refractivity contribution in [2.75, 3.05) is 26.8 Å². The van der Waals surface area contributed by atoms with E-state index in [9.17, 15) is 9.90 Å². The summed E-state index contributed by atoms with van der Waals surface area (Å²) < 4.78 is 5.29. The number of nitrogens with one attached hydrogen (secondary N) is 2. The highest BCUT2D eigenvalue weighted by molar-refractivity contribution is 5.84. The molecule has 3 N–H and O–H groups in total. The van der Waals surface area contributed by atoms with Gasteiger partial charge in [-0.25, -0.2) is 0 Å². The summed E-state index contributed by atoms with van der Waals surface area (Å²) in [5.74, 6) is 0.00963. The summed E-state index contributed by atoms with van der Waals surface area (Å²) in [6, 6.07) is 9.82. The minimum absolute atomic E-state index is 0.00963. The fraction of sp³-hybridized carbons (Fsp3) is 0.611. The molecule has 1 heterocycles. The molecule has 5 heteroatoms. The lowest BCUT2D eigenvalue weighted by atomic mass is 9.67. The van der Waals surface area contributed by atoms with E-state index in [1.54, 1.807) is 7.11 Å². The van der Waals surface area contributed by atoms with Crippen LogP contribution in [0.5, 0.6) is 0 Å². The fourth-order valence-corrected chi connectivity index (χ4v) is 3.81. The van der Waals surface area contributed by atoms with E-state index in [1.807, 2.05) is 30.3 Å². The summed E-state index contributed by atoms with van der Waals surface area (Å²) in [7, 11) is 1.64. The number of ether oxygens (including phenoxy) is 1. The molecule has 1 saturated carbocycles. The van der Waals surface area contributed by atoms with Crippen LogP contribution >= 0.6 is 0 Å². The molecule has 0 spiro atoms. The van der Waals surface area contributed by atoms with E-state index in [-0.39, 0.29) is 5.91 Å². The molecule has 1 aliphatic carbocycles. The number of piperidine rings is 1. The van der Waals surface area contributed by atoms with E-state index in [0.29, 0.717) is 19.6 Å². The smallest absolute Gasteiger partial charge is 0.229 e. The van der Waals surface area contributed by atoms with Gasteiger partial charge < -0.3 is 20.5 Å². The van der Waals surface area contributed by atoms with Crippen molar-refractivity contribution in [1.29, 1.82) is 0 Å². The van der Waals surface area contributed by atoms with Crippen molar-refractivity contribution >= 4 is 5.91 Å². The normalized spacial score (nSPS) is 29.6. The number of hydrogen-bond donors (Lipinski definition) is 3. The minimum atomic E-state index is -0.722. The van der Waals surface area contributed by atoms with Gasteiger partial charge in [0.15, 0.2) is 0 Å². The molecule has 3 rings (SSSR count). The quantitative estimate of drug-likeness (QED) is 0.762. The summed E-state index contributed by atoms with van der Waals surface area (Å²) in [5.41, 5.74) is -0.185. The first-order valence-electron chi connectivity index (χ1n) is 8.39. The second-order valence-corrected chi connectivity index (χ2v) is 6.83. The number of amides is 1. The van der Waals surface area contributed by atoms with Gasteiger partial charge in [-0.2, -0.15) is 0 Å². The first kappa shape index (κ1) is 16.4. The molecule has 5 nitrogen and oxygen atoms in total. The third kappa shape index (κ3) is 2.89. The highest BCUT2D eigenvalue weighted by atomic mass is 16.5. The Kier molecular flexibility index (Phi) is 4.71. The number of aliphatic hydroxyl groups is 1. The van der Waals surface area contributed by atoms with Gasteiger partial charge in [0.25, 0.3) is 0 Å². The number of rotatable bonds is 5. The molecule has 1 aromatic rings. The van der Waals surface area contributed by atoms with Crippen LogP contribution in [0.4, 0.5) is 0 Å². The maximum atomic E-state index is 13.0. The third-order valence-corrected chi connectivity index (χ3v) is 5.44. The minimum Gasteiger partial charge on any atom is -0.389 e. The van der Waals surface area contributed by atoms with Crippen LogP contribution in [0.1, 0.15) is 31.2 Å². The van der Waals surface area contributed by atoms with Crippen molar-refractivity contribution in [3.8, 4) is 0 Å². The molecule has 0 bridgehead atoms. The Bertz CT molecular complexity index is 544. The summed E-state index contributed by atoms with van der Waals surface area (Å²) in [6.45, 7) is 1.69. The molecule has 0 radical (unpaired) electrons. The van der Waals surface area contributed by atoms with Crippen LogP contribution in [-0.2, 0) is 15.1 Å². The largest absolute Gasteiger partial charge is 0.389 e. The molecular formula is C18H26N2O3. The van der Waals surface area contributed by atoms with Crippen molar-refractivity contribution in [3.05, 3.63) is 35.9 Å². The van der Waals surface area contributed by atoms with Crippen LogP contribution in [0.25, 0.3) is 0 Å². The predicted molar refractivity (Wildman–Crippen MR) is 87.9 cm³/mol. The Morgan fingerprint density at radius 3 is 2.65 bits per heavy atom. The standard InChI is InChI=1S/C18H26N2O3/c1-23-13-17(8-5-9-17)16(22)20-18(10-11-19-12-15(18)21)14-6-3-2-4-7-14/h2-4,6-7,15,19,21H,5,8-13H2,1H3,(H,20,22)/t15-,18+/m1/s1. The Hall–Kier alpha value is -1.43. The van der Waals surface area contributed by atoms with Gasteiger partial charge >= 0.3 is 0 Å². The number of hydrogen-bond acceptors (Lipinski definition) is 4. The molecule has 2 aliphatic rings. The molecule has 1 saturated heterocycles. The van der Waals surface area contributed by atoms with Gasteiger partial charge in [0, 0.05) is 13.7 Å². The van der Waals surface area contributed by atoms with Crippen LogP contribution < -0.4 is 10.6 Å². The van der Waals surface area contributed by atoms with Gasteiger partial charge in [-0.1, -0.05) is 36.8 Å². The van der Waals surface area contributed by atoms with E-state index in [0.717, 1.165) is 31.4 Å². The van der Waals surface area contributed by atoms with Crippen molar-refractivity contribution in [3.63, 3.8) is 0 Å². The van der Waals surface area contributed by atoms with E-state index < -0.39 is 17.1 Å². The van der Waals surface area contributed by atoms with Gasteiger partial charge in [0.1, 0.15) is 0 Å². The summed E-state index contributed by atoms with van der Waals surface area (Å²) in [4.78, 5) is 13.0. The van der Waals surface area contributed by atoms with Gasteiger partial charge in [-0.3, -0.25) is 4.79 Å². The number of aliphatic hydroxyl groups excluding tert-OH is 1. The molecule has 1 aliphatic heterocycles. The zero-order valence-electron chi connectivity index (χ0n) is 13.7. The molecule has 2 atom stereocenters. The Morgan fingerprint density at radius 1 is 1.35 bits per heavy atom. The second kappa shape index (κ2) is 6.59. The van der Waals surface area contributed by atoms with Gasteiger partial charge in [-0.15, -0.1) is 0 Å². The maximum Gasteiger partial charge on any atom is 0.229 e. The first-order chi connectivity index (χ1) is 11.1. The average Bonchev–Trinajstić information content (AvgIpc) is 2.54. The molecule has 23 heavy (non-hydrogen) atoms. The van der Waals surface area contributed by atoms with E-state index in [1.165, 1.54) is 0 Å². The summed E-state index contributed by atoms with van der Waals surface area (Å²) in [5, 5.41) is 17.1. The Labute approximate surface area is 137 Å². The SMILES string of the molecule is COCC1(C(=O)N[C@]2(c3ccccc3)CCNC[C@H]2O)CCC1. The zero-order valence-corrected chi connectivity index (χ0v) is 13.7. The van der Waals surface area contributed by atoms with Crippen LogP contribution in [0.2, 0.25) is 0 Å². The van der Waals surface area contributed by atoms with Gasteiger partial charge in [0.2, 0.25) is 5.91 Å². The number of β-amino-alcohol motifs (C(OH)–C–C–N with tert-alkyl or cyclic N) is 1. The molecular weight excluding hydrogens is 292 g/mol. The highest BCUT2D eigenvalue weighted by Gasteiger charge is 2.50. The molecule has 0 aromatic heterocycles. The number of carbonyl (C=O) groups excluding carboxylic acids is 1. The molecule has 1 aromatic carbocycles. The van der Waals surface area contributed by atoms with E-state index >= 15 is 0 Å². The molecule has 126 valence electrons. The topological polar surface area (TPSA) is 70.6 Å². The van der Waals surface area contributed by atoms with Crippen molar-refractivity contribution in [2.24, 2.45) is 5.41 Å². The van der Waals surface area contributed by atoms with Crippen LogP contribution in [0, 0.1) is 5.41 Å². The molecule has 0 unspecified atom stereocenters. The second-order valence-electron chi connectivity index (χ2n) is 6.83. The van der Waals surface area contributed by atoms with Crippen molar-refractivity contribution in [2.45, 2.75) is 37.3 Å². The van der Waals surface area contributed by atoms with Crippen molar-refractivity contribution in [1.82, 2.24) is 10.6 Å². The lowest BCUT2D eigenvalue weighted by molar-refractivity contribution is -0.145. The average molecular weight is 318 g/mol. The molecule has 2 fully saturated rings. The zero-order chi connectivity index (χ0) is 16.3. The lowest BCUT2D eigenvalue weighted by Crippen LogP contribution is -2.64. The lowest BCUT2D eigenvalue weighted by Gasteiger charge is -2.47. The summed E-state index contributed by atoms with van der Waals surface area (Å²) in [6.07, 6.45) is 2.78. The summed E-state index contributed by atoms with van der Waals surface area (Å²) >= 11 is 0. The third-order valence-electron chi connectivity index (χ3n) is 5.44. The number of carbonyl (C=O) groups is 1. The van der Waals surface area contributed by atoms with Crippen molar-refractivity contribution < 1.29 is 14.6 Å². The maximum absolute atomic E-state index is 13.0. The number of benzene rings is 1. The van der Waals surface area contributed by atoms with Crippen LogP contribution in [0.3, 0.4) is 0 Å². The predicted octanol–water partition coefficient (Wildman–Crippen LogP) is 1.17.